The summed E-state index contributed by atoms with van der Waals surface area (Å²) >= 11 is 0. The molecule has 0 bridgehead atoms. The number of aliphatic hydroxyl groups excluding tert-OH is 1. The Kier molecular flexibility index (Phi) is 15.3. The molecule has 0 aromatic rings. The zero-order chi connectivity index (χ0) is 15.1. The van der Waals surface area contributed by atoms with Crippen molar-refractivity contribution in [3.8, 4) is 0 Å². The summed E-state index contributed by atoms with van der Waals surface area (Å²) in [5.74, 6) is 0.646. The van der Waals surface area contributed by atoms with Crippen LogP contribution in [0.3, 0.4) is 0 Å². The average Bonchev–Trinajstić information content (AvgIpc) is 2.43. The van der Waals surface area contributed by atoms with Gasteiger partial charge in [0.1, 0.15) is 0 Å². The van der Waals surface area contributed by atoms with E-state index in [9.17, 15) is 5.11 Å². The van der Waals surface area contributed by atoms with Crippen LogP contribution >= 0.6 is 0 Å². The average molecular weight is 286 g/mol. The highest BCUT2D eigenvalue weighted by molar-refractivity contribution is 4.60. The molecule has 1 N–H and O–H groups in total. The Bertz CT molecular complexity index is 180. The van der Waals surface area contributed by atoms with Crippen LogP contribution in [-0.4, -0.2) is 18.0 Å². The topological polar surface area (TPSA) is 29.5 Å². The minimum Gasteiger partial charge on any atom is -0.368 e. The number of hydrogen-bond acceptors (Lipinski definition) is 2. The molecule has 0 aliphatic rings. The minimum absolute atomic E-state index is 0.613. The van der Waals surface area contributed by atoms with Gasteiger partial charge in [-0.15, -0.1) is 0 Å². The van der Waals surface area contributed by atoms with Crippen molar-refractivity contribution < 1.29 is 9.84 Å². The Morgan fingerprint density at radius 3 is 1.70 bits per heavy atom. The highest BCUT2D eigenvalue weighted by Crippen LogP contribution is 2.19. The standard InChI is InChI=1S/C18H38O2/c1-4-6-8-10-11-13-15-18(16-20-17(3)19)14-12-9-7-5-2/h17-19H,4-16H2,1-3H3. The Morgan fingerprint density at radius 1 is 0.750 bits per heavy atom. The van der Waals surface area contributed by atoms with Crippen molar-refractivity contribution in [2.75, 3.05) is 6.61 Å². The fourth-order valence-corrected chi connectivity index (χ4v) is 2.66. The van der Waals surface area contributed by atoms with Gasteiger partial charge in [-0.1, -0.05) is 78.1 Å². The van der Waals surface area contributed by atoms with Gasteiger partial charge in [-0.2, -0.15) is 0 Å². The lowest BCUT2D eigenvalue weighted by Crippen LogP contribution is -2.15. The van der Waals surface area contributed by atoms with Crippen molar-refractivity contribution in [1.82, 2.24) is 0 Å². The van der Waals surface area contributed by atoms with Gasteiger partial charge in [-0.25, -0.2) is 0 Å². The molecule has 2 atom stereocenters. The molecule has 20 heavy (non-hydrogen) atoms. The molecule has 0 aromatic heterocycles. The van der Waals surface area contributed by atoms with Gasteiger partial charge in [0, 0.05) is 0 Å². The molecule has 2 heteroatoms. The summed E-state index contributed by atoms with van der Waals surface area (Å²) in [6.45, 7) is 6.96. The summed E-state index contributed by atoms with van der Waals surface area (Å²) in [5, 5.41) is 9.26. The second kappa shape index (κ2) is 15.3. The second-order valence-electron chi connectivity index (χ2n) is 6.20. The van der Waals surface area contributed by atoms with E-state index in [2.05, 4.69) is 13.8 Å². The monoisotopic (exact) mass is 286 g/mol. The van der Waals surface area contributed by atoms with Crippen LogP contribution in [0.4, 0.5) is 0 Å². The van der Waals surface area contributed by atoms with Crippen LogP contribution in [0.1, 0.15) is 97.8 Å². The van der Waals surface area contributed by atoms with Crippen molar-refractivity contribution in [1.29, 1.82) is 0 Å². The van der Waals surface area contributed by atoms with E-state index >= 15 is 0 Å². The maximum Gasteiger partial charge on any atom is 0.151 e. The van der Waals surface area contributed by atoms with Gasteiger partial charge >= 0.3 is 0 Å². The van der Waals surface area contributed by atoms with Crippen LogP contribution in [0.2, 0.25) is 0 Å². The van der Waals surface area contributed by atoms with E-state index in [-0.39, 0.29) is 0 Å². The number of unbranched alkanes of at least 4 members (excludes halogenated alkanes) is 8. The molecule has 122 valence electrons. The van der Waals surface area contributed by atoms with Crippen molar-refractivity contribution >= 4 is 0 Å². The van der Waals surface area contributed by atoms with Crippen molar-refractivity contribution in [3.05, 3.63) is 0 Å². The van der Waals surface area contributed by atoms with Crippen LogP contribution in [0.5, 0.6) is 0 Å². The third-order valence-corrected chi connectivity index (χ3v) is 4.00. The fourth-order valence-electron chi connectivity index (χ4n) is 2.66. The zero-order valence-electron chi connectivity index (χ0n) is 14.2. The Labute approximate surface area is 127 Å². The molecule has 0 heterocycles. The van der Waals surface area contributed by atoms with Gasteiger partial charge < -0.3 is 9.84 Å². The van der Waals surface area contributed by atoms with Crippen LogP contribution < -0.4 is 0 Å². The molecule has 0 radical (unpaired) electrons. The molecular weight excluding hydrogens is 248 g/mol. The van der Waals surface area contributed by atoms with Crippen molar-refractivity contribution in [2.45, 2.75) is 104 Å². The van der Waals surface area contributed by atoms with E-state index in [0.29, 0.717) is 5.92 Å². The summed E-state index contributed by atoms with van der Waals surface area (Å²) in [7, 11) is 0. The molecule has 0 aliphatic carbocycles. The van der Waals surface area contributed by atoms with Gasteiger partial charge in [-0.05, 0) is 25.7 Å². The normalized spacial score (nSPS) is 14.4. The number of hydrogen-bond donors (Lipinski definition) is 1. The molecule has 0 spiro atoms. The maximum atomic E-state index is 9.26. The summed E-state index contributed by atoms with van der Waals surface area (Å²) in [6.07, 6.45) is 15.4. The second-order valence-corrected chi connectivity index (χ2v) is 6.20. The van der Waals surface area contributed by atoms with E-state index in [1.165, 1.54) is 77.0 Å². The lowest BCUT2D eigenvalue weighted by atomic mass is 9.95. The van der Waals surface area contributed by atoms with E-state index in [4.69, 9.17) is 4.74 Å². The Hall–Kier alpha value is -0.0800. The predicted molar refractivity (Wildman–Crippen MR) is 87.9 cm³/mol. The van der Waals surface area contributed by atoms with Gasteiger partial charge in [0.05, 0.1) is 6.61 Å². The first-order chi connectivity index (χ1) is 9.70. The molecule has 0 rings (SSSR count). The number of aliphatic hydroxyl groups is 1. The molecule has 0 aromatic carbocycles. The predicted octanol–water partition coefficient (Wildman–Crippen LogP) is 5.68. The Balaban J connectivity index is 3.68. The van der Waals surface area contributed by atoms with Gasteiger partial charge in [0.15, 0.2) is 6.29 Å². The zero-order valence-corrected chi connectivity index (χ0v) is 14.2. The molecule has 0 amide bonds. The third-order valence-electron chi connectivity index (χ3n) is 4.00. The van der Waals surface area contributed by atoms with Gasteiger partial charge in [-0.3, -0.25) is 0 Å². The smallest absolute Gasteiger partial charge is 0.151 e. The summed E-state index contributed by atoms with van der Waals surface area (Å²) < 4.78 is 5.41. The quantitative estimate of drug-likeness (QED) is 0.310. The van der Waals surface area contributed by atoms with Crippen LogP contribution in [0, 0.1) is 5.92 Å². The largest absolute Gasteiger partial charge is 0.368 e. The maximum absolute atomic E-state index is 9.26. The highest BCUT2D eigenvalue weighted by Gasteiger charge is 2.10. The molecule has 2 nitrogen and oxygen atoms in total. The van der Waals surface area contributed by atoms with Crippen LogP contribution in [-0.2, 0) is 4.74 Å². The molecule has 0 saturated heterocycles. The van der Waals surface area contributed by atoms with Crippen molar-refractivity contribution in [2.24, 2.45) is 5.92 Å². The van der Waals surface area contributed by atoms with E-state index in [1.54, 1.807) is 6.92 Å². The summed E-state index contributed by atoms with van der Waals surface area (Å²) in [5.41, 5.74) is 0. The summed E-state index contributed by atoms with van der Waals surface area (Å²) in [4.78, 5) is 0. The first-order valence-corrected chi connectivity index (χ1v) is 9.00. The van der Waals surface area contributed by atoms with E-state index < -0.39 is 6.29 Å². The molecule has 0 aliphatic heterocycles. The SMILES string of the molecule is CCCCCCCCC(CCCCCC)COC(C)O. The van der Waals surface area contributed by atoms with Gasteiger partial charge in [0.25, 0.3) is 0 Å². The van der Waals surface area contributed by atoms with E-state index in [0.717, 1.165) is 6.61 Å². The van der Waals surface area contributed by atoms with Crippen LogP contribution in [0.15, 0.2) is 0 Å². The lowest BCUT2D eigenvalue weighted by Gasteiger charge is -2.18. The fraction of sp³-hybridized carbons (Fsp3) is 1.00. The number of ether oxygens (including phenoxy) is 1. The van der Waals surface area contributed by atoms with Gasteiger partial charge in [0.2, 0.25) is 0 Å². The molecule has 2 unspecified atom stereocenters. The molecular formula is C18H38O2. The molecule has 0 saturated carbocycles. The third kappa shape index (κ3) is 14.3. The number of rotatable bonds is 15. The first kappa shape index (κ1) is 19.9. The Morgan fingerprint density at radius 2 is 1.20 bits per heavy atom. The van der Waals surface area contributed by atoms with Crippen LogP contribution in [0.25, 0.3) is 0 Å². The minimum atomic E-state index is -0.613. The highest BCUT2D eigenvalue weighted by atomic mass is 16.6. The first-order valence-electron chi connectivity index (χ1n) is 9.00. The van der Waals surface area contributed by atoms with Crippen molar-refractivity contribution in [3.63, 3.8) is 0 Å². The van der Waals surface area contributed by atoms with E-state index in [1.807, 2.05) is 0 Å². The summed E-state index contributed by atoms with van der Waals surface area (Å²) in [6, 6.07) is 0. The molecule has 0 fully saturated rings. The lowest BCUT2D eigenvalue weighted by molar-refractivity contribution is -0.0978.